The Morgan fingerprint density at radius 1 is 1.20 bits per heavy atom. The lowest BCUT2D eigenvalue weighted by Crippen LogP contribution is -2.16. The molecule has 0 aliphatic rings. The average molecular weight is 214 g/mol. The zero-order valence-electron chi connectivity index (χ0n) is 9.28. The second kappa shape index (κ2) is 3.56. The molecule has 76 valence electrons. The van der Waals surface area contributed by atoms with E-state index in [2.05, 4.69) is 36.2 Å². The lowest BCUT2D eigenvalue weighted by molar-refractivity contribution is 0.945. The number of hydrogen-bond donors (Lipinski definition) is 0. The summed E-state index contributed by atoms with van der Waals surface area (Å²) in [4.78, 5) is 0. The number of rotatable bonds is 0. The molecule has 2 heterocycles. The summed E-state index contributed by atoms with van der Waals surface area (Å²) < 4.78 is 1.88. The van der Waals surface area contributed by atoms with Crippen molar-refractivity contribution in [1.29, 1.82) is 0 Å². The minimum atomic E-state index is -1.31. The van der Waals surface area contributed by atoms with E-state index in [1.54, 1.807) is 6.20 Å². The highest BCUT2D eigenvalue weighted by molar-refractivity contribution is 6.83. The summed E-state index contributed by atoms with van der Waals surface area (Å²) in [5.74, 6) is 3.23. The van der Waals surface area contributed by atoms with Gasteiger partial charge in [-0.15, -0.1) is 5.54 Å². The van der Waals surface area contributed by atoms with Gasteiger partial charge in [-0.25, -0.2) is 4.52 Å². The van der Waals surface area contributed by atoms with Gasteiger partial charge in [0.2, 0.25) is 0 Å². The molecule has 0 spiro atoms. The van der Waals surface area contributed by atoms with Crippen LogP contribution in [0.1, 0.15) is 5.69 Å². The van der Waals surface area contributed by atoms with Gasteiger partial charge in [-0.1, -0.05) is 31.6 Å². The molecule has 0 amide bonds. The molecule has 2 rings (SSSR count). The Bertz CT molecular complexity index is 538. The highest BCUT2D eigenvalue weighted by Crippen LogP contribution is 2.05. The Hall–Kier alpha value is -1.53. The van der Waals surface area contributed by atoms with Gasteiger partial charge in [-0.05, 0) is 18.2 Å². The fourth-order valence-corrected chi connectivity index (χ4v) is 1.80. The Morgan fingerprint density at radius 3 is 2.73 bits per heavy atom. The second-order valence-corrected chi connectivity index (χ2v) is 9.33. The van der Waals surface area contributed by atoms with Gasteiger partial charge in [-0.2, -0.15) is 5.10 Å². The molecule has 0 fully saturated rings. The van der Waals surface area contributed by atoms with Crippen molar-refractivity contribution in [2.75, 3.05) is 0 Å². The van der Waals surface area contributed by atoms with E-state index in [4.69, 9.17) is 0 Å². The van der Waals surface area contributed by atoms with E-state index in [1.807, 2.05) is 28.8 Å². The summed E-state index contributed by atoms with van der Waals surface area (Å²) in [6.45, 7) is 6.72. The minimum absolute atomic E-state index is 0.972. The number of fused-ring (bicyclic) bond motifs is 1. The lowest BCUT2D eigenvalue weighted by atomic mass is 10.3. The van der Waals surface area contributed by atoms with Gasteiger partial charge in [0.1, 0.15) is 13.8 Å². The maximum absolute atomic E-state index is 4.25. The zero-order valence-corrected chi connectivity index (χ0v) is 10.3. The highest BCUT2D eigenvalue weighted by Gasteiger charge is 2.07. The quantitative estimate of drug-likeness (QED) is 0.486. The largest absolute Gasteiger partial charge is 0.225 e. The molecule has 0 atom stereocenters. The first kappa shape index (κ1) is 10.0. The van der Waals surface area contributed by atoms with Crippen molar-refractivity contribution in [1.82, 2.24) is 9.61 Å². The molecule has 0 unspecified atom stereocenters. The monoisotopic (exact) mass is 214 g/mol. The molecule has 0 aliphatic heterocycles. The van der Waals surface area contributed by atoms with Crippen molar-refractivity contribution < 1.29 is 0 Å². The van der Waals surface area contributed by atoms with Gasteiger partial charge in [-0.3, -0.25) is 0 Å². The smallest absolute Gasteiger partial charge is 0.129 e. The van der Waals surface area contributed by atoms with Gasteiger partial charge >= 0.3 is 0 Å². The van der Waals surface area contributed by atoms with Crippen LogP contribution in [0, 0.1) is 11.5 Å². The number of aromatic nitrogens is 2. The molecule has 0 aliphatic carbocycles. The zero-order chi connectivity index (χ0) is 10.9. The van der Waals surface area contributed by atoms with Crippen LogP contribution in [-0.2, 0) is 0 Å². The third-order valence-corrected chi connectivity index (χ3v) is 2.86. The Kier molecular flexibility index (Phi) is 2.37. The maximum Gasteiger partial charge on any atom is 0.129 e. The van der Waals surface area contributed by atoms with E-state index in [1.165, 1.54) is 0 Å². The van der Waals surface area contributed by atoms with Crippen molar-refractivity contribution in [3.8, 4) is 11.5 Å². The Labute approximate surface area is 90.9 Å². The van der Waals surface area contributed by atoms with E-state index < -0.39 is 8.07 Å². The van der Waals surface area contributed by atoms with Crippen LogP contribution in [0.15, 0.2) is 30.5 Å². The Balaban J connectivity index is 2.51. The lowest BCUT2D eigenvalue weighted by Gasteiger charge is -2.03. The summed E-state index contributed by atoms with van der Waals surface area (Å²) in [6.07, 6.45) is 1.80. The summed E-state index contributed by atoms with van der Waals surface area (Å²) in [5, 5.41) is 4.25. The molecule has 0 N–H and O–H groups in total. The SMILES string of the molecule is C[Si](C)(C)C#Cc1cccc2ccnn12. The van der Waals surface area contributed by atoms with Crippen LogP contribution in [0.3, 0.4) is 0 Å². The van der Waals surface area contributed by atoms with Crippen LogP contribution in [0.4, 0.5) is 0 Å². The summed E-state index contributed by atoms with van der Waals surface area (Å²) in [6, 6.07) is 8.05. The van der Waals surface area contributed by atoms with Crippen molar-refractivity contribution in [3.05, 3.63) is 36.2 Å². The highest BCUT2D eigenvalue weighted by atomic mass is 28.3. The normalized spacial score (nSPS) is 11.1. The first-order valence-electron chi connectivity index (χ1n) is 5.02. The van der Waals surface area contributed by atoms with Crippen molar-refractivity contribution in [3.63, 3.8) is 0 Å². The van der Waals surface area contributed by atoms with Crippen LogP contribution < -0.4 is 0 Å². The topological polar surface area (TPSA) is 17.3 Å². The number of nitrogens with zero attached hydrogens (tertiary/aromatic N) is 2. The van der Waals surface area contributed by atoms with Gasteiger partial charge in [0, 0.05) is 0 Å². The van der Waals surface area contributed by atoms with E-state index in [9.17, 15) is 0 Å². The molecule has 2 aromatic rings. The summed E-state index contributed by atoms with van der Waals surface area (Å²) in [7, 11) is -1.31. The molecule has 15 heavy (non-hydrogen) atoms. The maximum atomic E-state index is 4.25. The molecular weight excluding hydrogens is 200 g/mol. The molecule has 0 saturated heterocycles. The predicted molar refractivity (Wildman–Crippen MR) is 65.4 cm³/mol. The molecule has 2 nitrogen and oxygen atoms in total. The molecule has 0 radical (unpaired) electrons. The van der Waals surface area contributed by atoms with Crippen LogP contribution in [-0.4, -0.2) is 17.7 Å². The van der Waals surface area contributed by atoms with E-state index >= 15 is 0 Å². The first-order chi connectivity index (χ1) is 7.06. The third kappa shape index (κ3) is 2.28. The Morgan fingerprint density at radius 2 is 2.00 bits per heavy atom. The van der Waals surface area contributed by atoms with Crippen molar-refractivity contribution >= 4 is 13.6 Å². The molecular formula is C12H14N2Si. The van der Waals surface area contributed by atoms with Gasteiger partial charge in [0.25, 0.3) is 0 Å². The van der Waals surface area contributed by atoms with Crippen LogP contribution in [0.2, 0.25) is 19.6 Å². The van der Waals surface area contributed by atoms with Crippen LogP contribution in [0.25, 0.3) is 5.52 Å². The molecule has 3 heteroatoms. The molecule has 0 saturated carbocycles. The summed E-state index contributed by atoms with van der Waals surface area (Å²) >= 11 is 0. The number of hydrogen-bond acceptors (Lipinski definition) is 1. The standard InChI is InChI=1S/C12H14N2Si/c1-15(2,3)10-8-12-6-4-5-11-7-9-13-14(11)12/h4-7,9H,1-3H3. The second-order valence-electron chi connectivity index (χ2n) is 4.58. The van der Waals surface area contributed by atoms with Crippen LogP contribution in [0.5, 0.6) is 0 Å². The minimum Gasteiger partial charge on any atom is -0.225 e. The van der Waals surface area contributed by atoms with E-state index in [0.717, 1.165) is 11.2 Å². The molecule has 2 aromatic heterocycles. The van der Waals surface area contributed by atoms with Crippen molar-refractivity contribution in [2.45, 2.75) is 19.6 Å². The van der Waals surface area contributed by atoms with Crippen LogP contribution >= 0.6 is 0 Å². The summed E-state index contributed by atoms with van der Waals surface area (Å²) in [5.41, 5.74) is 5.42. The van der Waals surface area contributed by atoms with E-state index in [-0.39, 0.29) is 0 Å². The average Bonchev–Trinajstić information content (AvgIpc) is 2.61. The van der Waals surface area contributed by atoms with Gasteiger partial charge in [0.05, 0.1) is 11.7 Å². The fourth-order valence-electron chi connectivity index (χ4n) is 1.30. The molecule has 0 bridgehead atoms. The first-order valence-corrected chi connectivity index (χ1v) is 8.52. The fraction of sp³-hybridized carbons (Fsp3) is 0.250. The number of pyridine rings is 1. The van der Waals surface area contributed by atoms with Gasteiger partial charge < -0.3 is 0 Å². The van der Waals surface area contributed by atoms with Crippen molar-refractivity contribution in [2.24, 2.45) is 0 Å². The predicted octanol–water partition coefficient (Wildman–Crippen LogP) is 2.56. The van der Waals surface area contributed by atoms with Gasteiger partial charge in [0.15, 0.2) is 0 Å². The van der Waals surface area contributed by atoms with E-state index in [0.29, 0.717) is 0 Å². The third-order valence-electron chi connectivity index (χ3n) is 1.99. The molecule has 0 aromatic carbocycles.